The molecule has 0 unspecified atom stereocenters. The Labute approximate surface area is 134 Å². The van der Waals surface area contributed by atoms with Crippen LogP contribution >= 0.6 is 11.3 Å². The summed E-state index contributed by atoms with van der Waals surface area (Å²) < 4.78 is 1.26. The Morgan fingerprint density at radius 2 is 1.86 bits per heavy atom. The molecule has 3 rings (SSSR count). The molecule has 0 radical (unpaired) electrons. The molecule has 1 amide bonds. The van der Waals surface area contributed by atoms with Gasteiger partial charge in [-0.2, -0.15) is 0 Å². The van der Waals surface area contributed by atoms with Gasteiger partial charge in [-0.3, -0.25) is 4.79 Å². The van der Waals surface area contributed by atoms with Crippen LogP contribution in [0.3, 0.4) is 0 Å². The lowest BCUT2D eigenvalue weighted by Gasteiger charge is -2.05. The first-order chi connectivity index (χ1) is 10.8. The van der Waals surface area contributed by atoms with E-state index in [0.29, 0.717) is 6.54 Å². The normalized spacial score (nSPS) is 10.8. The van der Waals surface area contributed by atoms with Gasteiger partial charge in [0, 0.05) is 15.1 Å². The van der Waals surface area contributed by atoms with Crippen LogP contribution in [0.5, 0.6) is 0 Å². The Kier molecular flexibility index (Phi) is 4.54. The van der Waals surface area contributed by atoms with Crippen molar-refractivity contribution in [3.8, 4) is 0 Å². The Bertz CT molecular complexity index is 740. The highest BCUT2D eigenvalue weighted by molar-refractivity contribution is 7.19. The van der Waals surface area contributed by atoms with Gasteiger partial charge in [0.1, 0.15) is 0 Å². The number of rotatable bonds is 5. The van der Waals surface area contributed by atoms with Crippen LogP contribution in [-0.4, -0.2) is 5.91 Å². The Balaban J connectivity index is 1.64. The number of hydrogen-bond donors (Lipinski definition) is 1. The number of carbonyl (C=O) groups excluding carboxylic acids is 1. The van der Waals surface area contributed by atoms with Crippen LogP contribution in [0.2, 0.25) is 0 Å². The molecule has 1 heterocycles. The SMILES string of the molecule is CCCc1ccc(C(=O)NCc2cc3ccccc3s2)cc1. The average molecular weight is 309 g/mol. The molecule has 2 aromatic carbocycles. The van der Waals surface area contributed by atoms with E-state index in [2.05, 4.69) is 30.4 Å². The van der Waals surface area contributed by atoms with Crippen molar-refractivity contribution in [3.05, 3.63) is 70.6 Å². The minimum Gasteiger partial charge on any atom is -0.347 e. The Morgan fingerprint density at radius 1 is 1.09 bits per heavy atom. The predicted molar refractivity (Wildman–Crippen MR) is 93.4 cm³/mol. The topological polar surface area (TPSA) is 29.1 Å². The van der Waals surface area contributed by atoms with Crippen molar-refractivity contribution in [2.75, 3.05) is 0 Å². The lowest BCUT2D eigenvalue weighted by atomic mass is 10.1. The number of hydrogen-bond acceptors (Lipinski definition) is 2. The summed E-state index contributed by atoms with van der Waals surface area (Å²) in [7, 11) is 0. The van der Waals surface area contributed by atoms with Crippen LogP contribution in [0, 0.1) is 0 Å². The van der Waals surface area contributed by atoms with Crippen LogP contribution in [0.25, 0.3) is 10.1 Å². The lowest BCUT2D eigenvalue weighted by Crippen LogP contribution is -2.22. The van der Waals surface area contributed by atoms with Crippen LogP contribution < -0.4 is 5.32 Å². The van der Waals surface area contributed by atoms with Crippen molar-refractivity contribution < 1.29 is 4.79 Å². The minimum atomic E-state index is -0.0134. The zero-order valence-electron chi connectivity index (χ0n) is 12.6. The minimum absolute atomic E-state index is 0.0134. The van der Waals surface area contributed by atoms with Crippen molar-refractivity contribution in [1.82, 2.24) is 5.32 Å². The molecular weight excluding hydrogens is 290 g/mol. The molecule has 0 saturated heterocycles. The van der Waals surface area contributed by atoms with Crippen LogP contribution in [-0.2, 0) is 13.0 Å². The van der Waals surface area contributed by atoms with Crippen LogP contribution in [0.4, 0.5) is 0 Å². The second-order valence-corrected chi connectivity index (χ2v) is 6.55. The van der Waals surface area contributed by atoms with Crippen molar-refractivity contribution in [2.45, 2.75) is 26.3 Å². The lowest BCUT2D eigenvalue weighted by molar-refractivity contribution is 0.0951. The number of benzene rings is 2. The first-order valence-electron chi connectivity index (χ1n) is 7.61. The molecule has 0 bridgehead atoms. The first-order valence-corrected chi connectivity index (χ1v) is 8.42. The summed E-state index contributed by atoms with van der Waals surface area (Å²) >= 11 is 1.73. The molecule has 0 atom stereocenters. The highest BCUT2D eigenvalue weighted by atomic mass is 32.1. The fourth-order valence-electron chi connectivity index (χ4n) is 2.50. The van der Waals surface area contributed by atoms with Gasteiger partial charge in [-0.05, 0) is 41.6 Å². The fourth-order valence-corrected chi connectivity index (χ4v) is 3.51. The summed E-state index contributed by atoms with van der Waals surface area (Å²) in [5, 5.41) is 4.24. The van der Waals surface area contributed by atoms with Gasteiger partial charge in [-0.15, -0.1) is 11.3 Å². The Hall–Kier alpha value is -2.13. The summed E-state index contributed by atoms with van der Waals surface area (Å²) in [4.78, 5) is 13.4. The van der Waals surface area contributed by atoms with E-state index in [0.717, 1.165) is 18.4 Å². The highest BCUT2D eigenvalue weighted by Gasteiger charge is 2.07. The molecule has 0 aliphatic heterocycles. The molecule has 0 saturated carbocycles. The molecule has 1 N–H and O–H groups in total. The average Bonchev–Trinajstić information content (AvgIpc) is 2.96. The van der Waals surface area contributed by atoms with E-state index >= 15 is 0 Å². The van der Waals surface area contributed by atoms with E-state index in [9.17, 15) is 4.79 Å². The van der Waals surface area contributed by atoms with Crippen molar-refractivity contribution in [2.24, 2.45) is 0 Å². The first kappa shape index (κ1) is 14.8. The number of thiophene rings is 1. The quantitative estimate of drug-likeness (QED) is 0.721. The molecule has 3 aromatic rings. The second-order valence-electron chi connectivity index (χ2n) is 5.38. The third-order valence-electron chi connectivity index (χ3n) is 3.65. The van der Waals surface area contributed by atoms with E-state index in [-0.39, 0.29) is 5.91 Å². The number of aryl methyl sites for hydroxylation is 1. The van der Waals surface area contributed by atoms with Crippen LogP contribution in [0.1, 0.15) is 34.1 Å². The summed E-state index contributed by atoms with van der Waals surface area (Å²) in [6.07, 6.45) is 2.18. The molecule has 2 nitrogen and oxygen atoms in total. The maximum absolute atomic E-state index is 12.2. The molecule has 3 heteroatoms. The van der Waals surface area contributed by atoms with Gasteiger partial charge in [0.05, 0.1) is 6.54 Å². The summed E-state index contributed by atoms with van der Waals surface area (Å²) in [5.74, 6) is -0.0134. The maximum atomic E-state index is 12.2. The maximum Gasteiger partial charge on any atom is 0.251 e. The van der Waals surface area contributed by atoms with Gasteiger partial charge in [0.25, 0.3) is 5.91 Å². The summed E-state index contributed by atoms with van der Waals surface area (Å²) in [5.41, 5.74) is 2.00. The predicted octanol–water partition coefficient (Wildman–Crippen LogP) is 4.78. The van der Waals surface area contributed by atoms with Gasteiger partial charge in [0.2, 0.25) is 0 Å². The highest BCUT2D eigenvalue weighted by Crippen LogP contribution is 2.25. The van der Waals surface area contributed by atoms with E-state index in [4.69, 9.17) is 0 Å². The van der Waals surface area contributed by atoms with Gasteiger partial charge < -0.3 is 5.32 Å². The summed E-state index contributed by atoms with van der Waals surface area (Å²) in [6, 6.07) is 18.3. The number of amides is 1. The largest absolute Gasteiger partial charge is 0.347 e. The van der Waals surface area contributed by atoms with Crippen molar-refractivity contribution in [1.29, 1.82) is 0 Å². The van der Waals surface area contributed by atoms with E-state index in [1.165, 1.54) is 20.5 Å². The zero-order valence-corrected chi connectivity index (χ0v) is 13.5. The molecule has 22 heavy (non-hydrogen) atoms. The number of nitrogens with one attached hydrogen (secondary N) is 1. The molecule has 1 aromatic heterocycles. The molecule has 0 aliphatic carbocycles. The second kappa shape index (κ2) is 6.75. The van der Waals surface area contributed by atoms with Gasteiger partial charge in [0.15, 0.2) is 0 Å². The monoisotopic (exact) mass is 309 g/mol. The molecular formula is C19H19NOS. The molecule has 0 spiro atoms. The Morgan fingerprint density at radius 3 is 2.59 bits per heavy atom. The fraction of sp³-hybridized carbons (Fsp3) is 0.211. The van der Waals surface area contributed by atoms with Crippen LogP contribution in [0.15, 0.2) is 54.6 Å². The standard InChI is InChI=1S/C19H19NOS/c1-2-5-14-8-10-15(11-9-14)19(21)20-13-17-12-16-6-3-4-7-18(16)22-17/h3-4,6-12H,2,5,13H2,1H3,(H,20,21). The number of fused-ring (bicyclic) bond motifs is 1. The van der Waals surface area contributed by atoms with Crippen molar-refractivity contribution >= 4 is 27.3 Å². The summed E-state index contributed by atoms with van der Waals surface area (Å²) in [6.45, 7) is 2.74. The van der Waals surface area contributed by atoms with Crippen molar-refractivity contribution in [3.63, 3.8) is 0 Å². The van der Waals surface area contributed by atoms with Gasteiger partial charge >= 0.3 is 0 Å². The zero-order chi connectivity index (χ0) is 15.4. The van der Waals surface area contributed by atoms with Gasteiger partial charge in [-0.25, -0.2) is 0 Å². The smallest absolute Gasteiger partial charge is 0.251 e. The van der Waals surface area contributed by atoms with E-state index in [1.54, 1.807) is 11.3 Å². The van der Waals surface area contributed by atoms with Gasteiger partial charge in [-0.1, -0.05) is 43.7 Å². The number of carbonyl (C=O) groups is 1. The molecule has 112 valence electrons. The van der Waals surface area contributed by atoms with E-state index < -0.39 is 0 Å². The third kappa shape index (κ3) is 3.37. The molecule has 0 aliphatic rings. The van der Waals surface area contributed by atoms with E-state index in [1.807, 2.05) is 36.4 Å². The molecule has 0 fully saturated rings. The third-order valence-corrected chi connectivity index (χ3v) is 4.77.